The van der Waals surface area contributed by atoms with Crippen LogP contribution in [0.25, 0.3) is 11.3 Å². The molecule has 1 atom stereocenters. The van der Waals surface area contributed by atoms with Crippen LogP contribution in [0.4, 0.5) is 5.69 Å². The van der Waals surface area contributed by atoms with E-state index in [-0.39, 0.29) is 11.7 Å². The number of hydrogen-bond donors (Lipinski definition) is 3. The molecule has 0 spiro atoms. The number of aromatic amines is 1. The van der Waals surface area contributed by atoms with E-state index in [9.17, 15) is 9.90 Å². The van der Waals surface area contributed by atoms with Gasteiger partial charge < -0.3 is 10.4 Å². The lowest BCUT2D eigenvalue weighted by atomic mass is 10.1. The minimum Gasteiger partial charge on any atom is -0.391 e. The van der Waals surface area contributed by atoms with Crippen molar-refractivity contribution in [1.82, 2.24) is 10.2 Å². The van der Waals surface area contributed by atoms with Crippen LogP contribution >= 0.6 is 0 Å². The second-order valence-corrected chi connectivity index (χ2v) is 4.71. The third-order valence-corrected chi connectivity index (χ3v) is 3.02. The molecule has 0 bridgehead atoms. The number of anilines is 1. The molecular weight excluding hydrogens is 254 g/mol. The summed E-state index contributed by atoms with van der Waals surface area (Å²) in [5, 5.41) is 19.2. The van der Waals surface area contributed by atoms with Crippen molar-refractivity contribution in [2.45, 2.75) is 25.9 Å². The van der Waals surface area contributed by atoms with Crippen molar-refractivity contribution in [3.63, 3.8) is 0 Å². The first-order chi connectivity index (χ1) is 9.69. The zero-order valence-corrected chi connectivity index (χ0v) is 11.5. The molecule has 0 saturated heterocycles. The Morgan fingerprint density at radius 2 is 2.00 bits per heavy atom. The molecule has 5 heteroatoms. The zero-order valence-electron chi connectivity index (χ0n) is 11.5. The Morgan fingerprint density at radius 1 is 1.25 bits per heavy atom. The van der Waals surface area contributed by atoms with Crippen molar-refractivity contribution < 1.29 is 5.11 Å². The van der Waals surface area contributed by atoms with Crippen LogP contribution in [0.3, 0.4) is 0 Å². The number of benzene rings is 1. The highest BCUT2D eigenvalue weighted by Gasteiger charge is 2.03. The molecular formula is C15H19N3O2. The van der Waals surface area contributed by atoms with E-state index >= 15 is 0 Å². The number of H-pyrrole nitrogens is 1. The monoisotopic (exact) mass is 273 g/mol. The summed E-state index contributed by atoms with van der Waals surface area (Å²) in [6.07, 6.45) is 1.45. The molecule has 0 radical (unpaired) electrons. The maximum Gasteiger partial charge on any atom is 0.264 e. The molecule has 20 heavy (non-hydrogen) atoms. The summed E-state index contributed by atoms with van der Waals surface area (Å²) in [5.74, 6) is 0. The Hall–Kier alpha value is -2.14. The van der Waals surface area contributed by atoms with Crippen molar-refractivity contribution in [1.29, 1.82) is 0 Å². The van der Waals surface area contributed by atoms with Gasteiger partial charge in [-0.05, 0) is 24.6 Å². The van der Waals surface area contributed by atoms with Gasteiger partial charge in [0.25, 0.3) is 5.56 Å². The number of aliphatic hydroxyl groups excluding tert-OH is 1. The van der Waals surface area contributed by atoms with Crippen LogP contribution in [0.2, 0.25) is 0 Å². The van der Waals surface area contributed by atoms with Crippen LogP contribution in [0.5, 0.6) is 0 Å². The standard InChI is InChI=1S/C15H19N3O2/c1-2-3-13(19)10-16-12-6-4-11(5-7-12)14-8-9-15(20)18-17-14/h4-9,13,16,19H,2-3,10H2,1H3,(H,18,20). The highest BCUT2D eigenvalue weighted by Crippen LogP contribution is 2.18. The number of aliphatic hydroxyl groups is 1. The SMILES string of the molecule is CCCC(O)CNc1ccc(-c2ccc(=O)[nH]n2)cc1. The summed E-state index contributed by atoms with van der Waals surface area (Å²) in [5.41, 5.74) is 2.40. The van der Waals surface area contributed by atoms with Crippen molar-refractivity contribution in [3.8, 4) is 11.3 Å². The Balaban J connectivity index is 1.99. The first-order valence-electron chi connectivity index (χ1n) is 6.77. The fraction of sp³-hybridized carbons (Fsp3) is 0.333. The van der Waals surface area contributed by atoms with Crippen LogP contribution in [0.15, 0.2) is 41.2 Å². The van der Waals surface area contributed by atoms with E-state index in [0.717, 1.165) is 29.8 Å². The van der Waals surface area contributed by atoms with Gasteiger partial charge in [0, 0.05) is 23.9 Å². The Kier molecular flexibility index (Phi) is 4.90. The maximum atomic E-state index is 11.0. The normalized spacial score (nSPS) is 12.1. The predicted molar refractivity (Wildman–Crippen MR) is 79.7 cm³/mol. The zero-order chi connectivity index (χ0) is 14.4. The molecule has 3 N–H and O–H groups in total. The summed E-state index contributed by atoms with van der Waals surface area (Å²) in [7, 11) is 0. The number of rotatable bonds is 6. The van der Waals surface area contributed by atoms with Gasteiger partial charge in [-0.3, -0.25) is 4.79 Å². The fourth-order valence-electron chi connectivity index (χ4n) is 1.94. The van der Waals surface area contributed by atoms with E-state index in [4.69, 9.17) is 0 Å². The van der Waals surface area contributed by atoms with Gasteiger partial charge in [0.1, 0.15) is 0 Å². The van der Waals surface area contributed by atoms with Gasteiger partial charge >= 0.3 is 0 Å². The lowest BCUT2D eigenvalue weighted by Gasteiger charge is -2.12. The van der Waals surface area contributed by atoms with Gasteiger partial charge in [0.05, 0.1) is 11.8 Å². The van der Waals surface area contributed by atoms with E-state index in [2.05, 4.69) is 22.4 Å². The predicted octanol–water partition coefficient (Wildman–Crippen LogP) is 2.01. The van der Waals surface area contributed by atoms with Crippen molar-refractivity contribution in [3.05, 3.63) is 46.8 Å². The summed E-state index contributed by atoms with van der Waals surface area (Å²) in [6.45, 7) is 2.60. The van der Waals surface area contributed by atoms with Gasteiger partial charge in [-0.2, -0.15) is 5.10 Å². The first kappa shape index (κ1) is 14.3. The molecule has 0 aliphatic heterocycles. The second-order valence-electron chi connectivity index (χ2n) is 4.71. The van der Waals surface area contributed by atoms with Crippen LogP contribution in [0.1, 0.15) is 19.8 Å². The Bertz CT molecular complexity index is 572. The third-order valence-electron chi connectivity index (χ3n) is 3.02. The molecule has 1 unspecified atom stereocenters. The lowest BCUT2D eigenvalue weighted by Crippen LogP contribution is -2.18. The van der Waals surface area contributed by atoms with Crippen LogP contribution in [0, 0.1) is 0 Å². The number of nitrogens with zero attached hydrogens (tertiary/aromatic N) is 1. The quantitative estimate of drug-likeness (QED) is 0.752. The first-order valence-corrected chi connectivity index (χ1v) is 6.77. The molecule has 0 amide bonds. The molecule has 0 aliphatic carbocycles. The molecule has 0 saturated carbocycles. The molecule has 0 fully saturated rings. The number of nitrogens with one attached hydrogen (secondary N) is 2. The van der Waals surface area contributed by atoms with Crippen molar-refractivity contribution >= 4 is 5.69 Å². The van der Waals surface area contributed by atoms with Gasteiger partial charge in [-0.1, -0.05) is 25.5 Å². The Labute approximate surface area is 117 Å². The average Bonchev–Trinajstić information content (AvgIpc) is 2.47. The largest absolute Gasteiger partial charge is 0.391 e. The molecule has 0 aliphatic rings. The highest BCUT2D eigenvalue weighted by atomic mass is 16.3. The summed E-state index contributed by atoms with van der Waals surface area (Å²) in [4.78, 5) is 11.0. The molecule has 1 aromatic heterocycles. The fourth-order valence-corrected chi connectivity index (χ4v) is 1.94. The summed E-state index contributed by atoms with van der Waals surface area (Å²) in [6, 6.07) is 10.9. The minimum atomic E-state index is -0.319. The van der Waals surface area contributed by atoms with Crippen LogP contribution < -0.4 is 10.9 Å². The molecule has 106 valence electrons. The third kappa shape index (κ3) is 3.93. The molecule has 2 aromatic rings. The van der Waals surface area contributed by atoms with Gasteiger partial charge in [0.2, 0.25) is 0 Å². The van der Waals surface area contributed by atoms with Crippen molar-refractivity contribution in [2.24, 2.45) is 0 Å². The minimum absolute atomic E-state index is 0.211. The highest BCUT2D eigenvalue weighted by molar-refractivity contribution is 5.62. The molecule has 1 heterocycles. The maximum absolute atomic E-state index is 11.0. The topological polar surface area (TPSA) is 78.0 Å². The second kappa shape index (κ2) is 6.86. The van der Waals surface area contributed by atoms with E-state index < -0.39 is 0 Å². The average molecular weight is 273 g/mol. The Morgan fingerprint density at radius 3 is 2.60 bits per heavy atom. The van der Waals surface area contributed by atoms with E-state index in [0.29, 0.717) is 6.54 Å². The van der Waals surface area contributed by atoms with E-state index in [1.165, 1.54) is 6.07 Å². The summed E-state index contributed by atoms with van der Waals surface area (Å²) < 4.78 is 0. The van der Waals surface area contributed by atoms with E-state index in [1.54, 1.807) is 6.07 Å². The molecule has 1 aromatic carbocycles. The van der Waals surface area contributed by atoms with Crippen LogP contribution in [-0.2, 0) is 0 Å². The van der Waals surface area contributed by atoms with Gasteiger partial charge in [-0.15, -0.1) is 0 Å². The molecule has 5 nitrogen and oxygen atoms in total. The number of aromatic nitrogens is 2. The van der Waals surface area contributed by atoms with E-state index in [1.807, 2.05) is 24.3 Å². The number of hydrogen-bond acceptors (Lipinski definition) is 4. The van der Waals surface area contributed by atoms with Gasteiger partial charge in [-0.25, -0.2) is 5.10 Å². The lowest BCUT2D eigenvalue weighted by molar-refractivity contribution is 0.176. The van der Waals surface area contributed by atoms with Crippen LogP contribution in [-0.4, -0.2) is 28.0 Å². The van der Waals surface area contributed by atoms with Gasteiger partial charge in [0.15, 0.2) is 0 Å². The molecule has 2 rings (SSSR count). The smallest absolute Gasteiger partial charge is 0.264 e. The summed E-state index contributed by atoms with van der Waals surface area (Å²) >= 11 is 0. The van der Waals surface area contributed by atoms with Crippen molar-refractivity contribution in [2.75, 3.05) is 11.9 Å².